The van der Waals surface area contributed by atoms with Gasteiger partial charge in [-0.3, -0.25) is 5.43 Å². The van der Waals surface area contributed by atoms with E-state index in [9.17, 15) is 0 Å². The summed E-state index contributed by atoms with van der Waals surface area (Å²) in [5, 5.41) is 0. The molecule has 0 radical (unpaired) electrons. The first kappa shape index (κ1) is 13.0. The first-order valence-corrected chi connectivity index (χ1v) is 7.81. The van der Waals surface area contributed by atoms with E-state index in [1.54, 1.807) is 0 Å². The van der Waals surface area contributed by atoms with Crippen LogP contribution in [0.3, 0.4) is 0 Å². The zero-order chi connectivity index (χ0) is 12.1. The van der Waals surface area contributed by atoms with Crippen LogP contribution >= 0.6 is 11.8 Å². The van der Waals surface area contributed by atoms with Crippen molar-refractivity contribution >= 4 is 17.7 Å². The maximum absolute atomic E-state index is 5.63. The molecule has 0 aromatic rings. The fourth-order valence-electron chi connectivity index (χ4n) is 2.61. The summed E-state index contributed by atoms with van der Waals surface area (Å²) in [7, 11) is 2.11. The molecule has 1 saturated carbocycles. The molecule has 1 atom stereocenters. The highest BCUT2D eigenvalue weighted by molar-refractivity contribution is 7.99. The smallest absolute Gasteiger partial charge is 0.208 e. The van der Waals surface area contributed by atoms with Crippen LogP contribution in [0, 0.1) is 0 Å². The summed E-state index contributed by atoms with van der Waals surface area (Å²) in [6.45, 7) is 0. The van der Waals surface area contributed by atoms with Gasteiger partial charge in [0.05, 0.1) is 6.04 Å². The van der Waals surface area contributed by atoms with E-state index in [-0.39, 0.29) is 0 Å². The fourth-order valence-corrected chi connectivity index (χ4v) is 3.88. The third-order valence-electron chi connectivity index (χ3n) is 3.80. The lowest BCUT2D eigenvalue weighted by Crippen LogP contribution is -2.48. The molecule has 1 heterocycles. The number of hydrogen-bond acceptors (Lipinski definition) is 3. The summed E-state index contributed by atoms with van der Waals surface area (Å²) in [6, 6.07) is 1.07. The summed E-state index contributed by atoms with van der Waals surface area (Å²) in [6.07, 6.45) is 7.68. The first-order chi connectivity index (χ1) is 8.31. The van der Waals surface area contributed by atoms with Crippen LogP contribution in [0.4, 0.5) is 0 Å². The molecular weight excluding hydrogens is 232 g/mol. The van der Waals surface area contributed by atoms with Crippen LogP contribution in [0.25, 0.3) is 0 Å². The van der Waals surface area contributed by atoms with Crippen molar-refractivity contribution in [2.75, 3.05) is 18.6 Å². The van der Waals surface area contributed by atoms with Gasteiger partial charge in [0, 0.05) is 18.8 Å². The van der Waals surface area contributed by atoms with Gasteiger partial charge >= 0.3 is 0 Å². The Balaban J connectivity index is 1.95. The number of guanidine groups is 1. The van der Waals surface area contributed by atoms with Gasteiger partial charge in [0.1, 0.15) is 0 Å². The van der Waals surface area contributed by atoms with Gasteiger partial charge in [0.2, 0.25) is 5.96 Å². The summed E-state index contributed by atoms with van der Waals surface area (Å²) in [5.41, 5.74) is 2.79. The third-order valence-corrected chi connectivity index (χ3v) is 4.94. The Labute approximate surface area is 108 Å². The Morgan fingerprint density at radius 2 is 2.06 bits per heavy atom. The highest BCUT2D eigenvalue weighted by Gasteiger charge is 2.23. The number of nitrogens with one attached hydrogen (secondary N) is 1. The third kappa shape index (κ3) is 3.52. The van der Waals surface area contributed by atoms with E-state index in [1.165, 1.54) is 50.0 Å². The van der Waals surface area contributed by atoms with E-state index in [1.807, 2.05) is 11.8 Å². The molecule has 17 heavy (non-hydrogen) atoms. The van der Waals surface area contributed by atoms with Crippen LogP contribution in [0.1, 0.15) is 38.5 Å². The van der Waals surface area contributed by atoms with Crippen LogP contribution in [0.15, 0.2) is 4.99 Å². The van der Waals surface area contributed by atoms with Crippen molar-refractivity contribution in [3.05, 3.63) is 0 Å². The highest BCUT2D eigenvalue weighted by atomic mass is 32.2. The Morgan fingerprint density at radius 1 is 1.29 bits per heavy atom. The van der Waals surface area contributed by atoms with E-state index in [2.05, 4.69) is 17.4 Å². The number of thioether (sulfide) groups is 1. The van der Waals surface area contributed by atoms with Crippen molar-refractivity contribution in [3.8, 4) is 0 Å². The monoisotopic (exact) mass is 256 g/mol. The average Bonchev–Trinajstić information content (AvgIpc) is 2.90. The van der Waals surface area contributed by atoms with E-state index in [0.717, 1.165) is 5.96 Å². The molecule has 1 aliphatic carbocycles. The minimum absolute atomic E-state index is 0.478. The maximum Gasteiger partial charge on any atom is 0.208 e. The predicted octanol–water partition coefficient (Wildman–Crippen LogP) is 1.58. The van der Waals surface area contributed by atoms with E-state index >= 15 is 0 Å². The van der Waals surface area contributed by atoms with Crippen LogP contribution in [0.2, 0.25) is 0 Å². The molecule has 2 aliphatic rings. The summed E-state index contributed by atoms with van der Waals surface area (Å²) in [5.74, 6) is 8.96. The first-order valence-electron chi connectivity index (χ1n) is 6.66. The van der Waals surface area contributed by atoms with Crippen molar-refractivity contribution in [2.45, 2.75) is 50.6 Å². The Hall–Kier alpha value is -0.420. The quantitative estimate of drug-likeness (QED) is 0.341. The molecule has 1 saturated heterocycles. The summed E-state index contributed by atoms with van der Waals surface area (Å²) in [4.78, 5) is 7.03. The summed E-state index contributed by atoms with van der Waals surface area (Å²) < 4.78 is 0. The van der Waals surface area contributed by atoms with Gasteiger partial charge in [-0.05, 0) is 25.0 Å². The van der Waals surface area contributed by atoms with Gasteiger partial charge in [-0.2, -0.15) is 11.8 Å². The second kappa shape index (κ2) is 6.50. The molecule has 2 fully saturated rings. The van der Waals surface area contributed by atoms with Gasteiger partial charge < -0.3 is 4.90 Å². The standard InChI is InChI=1S/C12H24N4S/c1-16(11-7-8-17-9-11)12(15-13)14-10-5-3-2-4-6-10/h10-11H,2-9,13H2,1H3,(H,14,15). The molecular formula is C12H24N4S. The second-order valence-electron chi connectivity index (χ2n) is 5.02. The van der Waals surface area contributed by atoms with Gasteiger partial charge in [-0.25, -0.2) is 10.8 Å². The number of rotatable bonds is 2. The van der Waals surface area contributed by atoms with Crippen molar-refractivity contribution in [1.29, 1.82) is 0 Å². The zero-order valence-corrected chi connectivity index (χ0v) is 11.5. The second-order valence-corrected chi connectivity index (χ2v) is 6.17. The molecule has 0 spiro atoms. The van der Waals surface area contributed by atoms with E-state index in [0.29, 0.717) is 12.1 Å². The van der Waals surface area contributed by atoms with Crippen LogP contribution in [-0.4, -0.2) is 41.5 Å². The Morgan fingerprint density at radius 3 is 2.65 bits per heavy atom. The SMILES string of the molecule is CN(C(=NC1CCCCC1)NN)C1CCSC1. The van der Waals surface area contributed by atoms with Crippen molar-refractivity contribution in [1.82, 2.24) is 10.3 Å². The topological polar surface area (TPSA) is 53.6 Å². The molecule has 0 bridgehead atoms. The lowest BCUT2D eigenvalue weighted by Gasteiger charge is -2.28. The van der Waals surface area contributed by atoms with Gasteiger partial charge in [-0.1, -0.05) is 19.3 Å². The Bertz CT molecular complexity index is 257. The van der Waals surface area contributed by atoms with Crippen molar-refractivity contribution in [3.63, 3.8) is 0 Å². The number of aliphatic imine (C=N–C) groups is 1. The number of hydrazine groups is 1. The van der Waals surface area contributed by atoms with Crippen molar-refractivity contribution < 1.29 is 0 Å². The minimum Gasteiger partial charge on any atom is -0.341 e. The largest absolute Gasteiger partial charge is 0.341 e. The number of nitrogens with zero attached hydrogens (tertiary/aromatic N) is 2. The van der Waals surface area contributed by atoms with Gasteiger partial charge in [0.15, 0.2) is 0 Å². The van der Waals surface area contributed by atoms with Crippen molar-refractivity contribution in [2.24, 2.45) is 10.8 Å². The van der Waals surface area contributed by atoms with Crippen LogP contribution < -0.4 is 11.3 Å². The van der Waals surface area contributed by atoms with Gasteiger partial charge in [0.25, 0.3) is 0 Å². The summed E-state index contributed by atoms with van der Waals surface area (Å²) >= 11 is 2.02. The van der Waals surface area contributed by atoms with Gasteiger partial charge in [-0.15, -0.1) is 0 Å². The van der Waals surface area contributed by atoms with E-state index in [4.69, 9.17) is 10.8 Å². The zero-order valence-electron chi connectivity index (χ0n) is 10.7. The molecule has 0 amide bonds. The predicted molar refractivity (Wildman–Crippen MR) is 75.1 cm³/mol. The number of hydrogen-bond donors (Lipinski definition) is 2. The highest BCUT2D eigenvalue weighted by Crippen LogP contribution is 2.23. The molecule has 5 heteroatoms. The molecule has 0 aromatic heterocycles. The lowest BCUT2D eigenvalue weighted by molar-refractivity contribution is 0.372. The normalized spacial score (nSPS) is 27.2. The molecule has 2 rings (SSSR count). The van der Waals surface area contributed by atoms with Crippen LogP contribution in [0.5, 0.6) is 0 Å². The maximum atomic E-state index is 5.63. The Kier molecular flexibility index (Phi) is 4.98. The lowest BCUT2D eigenvalue weighted by atomic mass is 9.96. The van der Waals surface area contributed by atoms with E-state index < -0.39 is 0 Å². The average molecular weight is 256 g/mol. The minimum atomic E-state index is 0.478. The molecule has 0 aromatic carbocycles. The van der Waals surface area contributed by atoms with Crippen LogP contribution in [-0.2, 0) is 0 Å². The fraction of sp³-hybridized carbons (Fsp3) is 0.917. The molecule has 1 unspecified atom stereocenters. The molecule has 3 N–H and O–H groups in total. The number of nitrogens with two attached hydrogens (primary N) is 1. The molecule has 98 valence electrons. The molecule has 1 aliphatic heterocycles. The molecule has 4 nitrogen and oxygen atoms in total.